The van der Waals surface area contributed by atoms with Gasteiger partial charge < -0.3 is 10.5 Å². The molecule has 0 aromatic carbocycles. The van der Waals surface area contributed by atoms with Crippen LogP contribution in [0.25, 0.3) is 0 Å². The molecular weight excluding hydrogens is 276 g/mol. The third kappa shape index (κ3) is 7.10. The molecule has 2 N–H and O–H groups in total. The van der Waals surface area contributed by atoms with Crippen LogP contribution in [0.1, 0.15) is 72.6 Å². The van der Waals surface area contributed by atoms with E-state index < -0.39 is 5.60 Å². The second kappa shape index (κ2) is 9.51. The number of carbonyl (C=O) groups excluding carboxylic acids is 1. The minimum absolute atomic E-state index is 0.109. The predicted molar refractivity (Wildman–Crippen MR) is 91.7 cm³/mol. The highest BCUT2D eigenvalue weighted by molar-refractivity contribution is 5.76. The Labute approximate surface area is 136 Å². The maximum atomic E-state index is 12.4. The quantitative estimate of drug-likeness (QED) is 0.552. The number of hydrogen-bond donors (Lipinski definition) is 1. The summed E-state index contributed by atoms with van der Waals surface area (Å²) in [5, 5.41) is 0. The number of likely N-dealkylation sites (tertiary alicyclic amines) is 1. The Morgan fingerprint density at radius 3 is 2.41 bits per heavy atom. The van der Waals surface area contributed by atoms with Crippen molar-refractivity contribution < 1.29 is 9.53 Å². The number of hydrogen-bond acceptors (Lipinski definition) is 4. The van der Waals surface area contributed by atoms with Crippen LogP contribution in [0.4, 0.5) is 0 Å². The van der Waals surface area contributed by atoms with E-state index in [4.69, 9.17) is 10.5 Å². The normalized spacial score (nSPS) is 19.1. The first-order valence-electron chi connectivity index (χ1n) is 9.04. The number of carbonyl (C=O) groups is 1. The Morgan fingerprint density at radius 2 is 1.91 bits per heavy atom. The lowest BCUT2D eigenvalue weighted by molar-refractivity contribution is -0.162. The van der Waals surface area contributed by atoms with Crippen molar-refractivity contribution in [3.05, 3.63) is 0 Å². The Kier molecular flexibility index (Phi) is 8.40. The van der Waals surface area contributed by atoms with Gasteiger partial charge in [0.25, 0.3) is 0 Å². The minimum Gasteiger partial charge on any atom is -0.459 e. The van der Waals surface area contributed by atoms with E-state index in [9.17, 15) is 4.79 Å². The Morgan fingerprint density at radius 1 is 1.27 bits per heavy atom. The standard InChI is InChI=1S/C18H36N2O2/c1-5-6-7-8-15-10-13-20(14-11-15)16(9-12-19)17(21)22-18(2,3)4/h15-16H,5-14,19H2,1-4H3. The van der Waals surface area contributed by atoms with Crippen molar-refractivity contribution in [1.29, 1.82) is 0 Å². The topological polar surface area (TPSA) is 55.6 Å². The fourth-order valence-corrected chi connectivity index (χ4v) is 3.21. The van der Waals surface area contributed by atoms with Gasteiger partial charge in [0.15, 0.2) is 0 Å². The van der Waals surface area contributed by atoms with Gasteiger partial charge in [-0.3, -0.25) is 9.69 Å². The Balaban J connectivity index is 2.47. The fraction of sp³-hybridized carbons (Fsp3) is 0.944. The van der Waals surface area contributed by atoms with E-state index in [1.165, 1.54) is 38.5 Å². The molecule has 0 amide bonds. The molecule has 1 aliphatic rings. The van der Waals surface area contributed by atoms with E-state index in [2.05, 4.69) is 11.8 Å². The van der Waals surface area contributed by atoms with Gasteiger partial charge in [0.2, 0.25) is 0 Å². The van der Waals surface area contributed by atoms with Gasteiger partial charge in [-0.15, -0.1) is 0 Å². The van der Waals surface area contributed by atoms with Crippen molar-refractivity contribution in [2.24, 2.45) is 11.7 Å². The molecule has 1 atom stereocenters. The summed E-state index contributed by atoms with van der Waals surface area (Å²) < 4.78 is 5.58. The highest BCUT2D eigenvalue weighted by atomic mass is 16.6. The van der Waals surface area contributed by atoms with E-state index in [1.807, 2.05) is 20.8 Å². The molecular formula is C18H36N2O2. The van der Waals surface area contributed by atoms with Crippen LogP contribution >= 0.6 is 0 Å². The summed E-state index contributed by atoms with van der Waals surface area (Å²) in [6.07, 6.45) is 8.41. The molecule has 1 unspecified atom stereocenters. The summed E-state index contributed by atoms with van der Waals surface area (Å²) in [6.45, 7) is 10.5. The molecule has 0 aromatic heterocycles. The van der Waals surface area contributed by atoms with Gasteiger partial charge in [-0.25, -0.2) is 0 Å². The van der Waals surface area contributed by atoms with Crippen molar-refractivity contribution in [2.75, 3.05) is 19.6 Å². The van der Waals surface area contributed by atoms with Crippen molar-refractivity contribution in [1.82, 2.24) is 4.90 Å². The largest absolute Gasteiger partial charge is 0.459 e. The number of piperidine rings is 1. The average Bonchev–Trinajstić information content (AvgIpc) is 2.44. The zero-order chi connectivity index (χ0) is 16.6. The van der Waals surface area contributed by atoms with Crippen molar-refractivity contribution in [2.45, 2.75) is 84.3 Å². The predicted octanol–water partition coefficient (Wildman–Crippen LogP) is 3.34. The van der Waals surface area contributed by atoms with Crippen LogP contribution in [0.5, 0.6) is 0 Å². The van der Waals surface area contributed by atoms with Gasteiger partial charge in [-0.1, -0.05) is 32.6 Å². The van der Waals surface area contributed by atoms with E-state index in [0.29, 0.717) is 13.0 Å². The Hall–Kier alpha value is -0.610. The number of nitrogens with zero attached hydrogens (tertiary/aromatic N) is 1. The third-order valence-electron chi connectivity index (χ3n) is 4.42. The summed E-state index contributed by atoms with van der Waals surface area (Å²) in [5.74, 6) is 0.724. The van der Waals surface area contributed by atoms with E-state index >= 15 is 0 Å². The zero-order valence-electron chi connectivity index (χ0n) is 15.1. The summed E-state index contributed by atoms with van der Waals surface area (Å²) in [7, 11) is 0. The van der Waals surface area contributed by atoms with Gasteiger partial charge in [0, 0.05) is 0 Å². The van der Waals surface area contributed by atoms with Crippen LogP contribution in [-0.2, 0) is 9.53 Å². The van der Waals surface area contributed by atoms with Gasteiger partial charge in [0.1, 0.15) is 11.6 Å². The molecule has 1 rings (SSSR count). The summed E-state index contributed by atoms with van der Waals surface area (Å²) in [6, 6.07) is -0.166. The average molecular weight is 312 g/mol. The zero-order valence-corrected chi connectivity index (χ0v) is 15.1. The van der Waals surface area contributed by atoms with Crippen LogP contribution in [-0.4, -0.2) is 42.1 Å². The van der Waals surface area contributed by atoms with E-state index in [0.717, 1.165) is 19.0 Å². The molecule has 4 heteroatoms. The first-order chi connectivity index (χ1) is 10.4. The number of unbranched alkanes of at least 4 members (excludes halogenated alkanes) is 2. The third-order valence-corrected chi connectivity index (χ3v) is 4.42. The molecule has 130 valence electrons. The number of esters is 1. The highest BCUT2D eigenvalue weighted by Crippen LogP contribution is 2.25. The molecule has 4 nitrogen and oxygen atoms in total. The van der Waals surface area contributed by atoms with Crippen LogP contribution in [0.3, 0.4) is 0 Å². The summed E-state index contributed by atoms with van der Waals surface area (Å²) in [5.41, 5.74) is 5.28. The second-order valence-corrected chi connectivity index (χ2v) is 7.60. The van der Waals surface area contributed by atoms with Crippen LogP contribution in [0.2, 0.25) is 0 Å². The molecule has 0 bridgehead atoms. The van der Waals surface area contributed by atoms with E-state index in [-0.39, 0.29) is 12.0 Å². The molecule has 0 aliphatic carbocycles. The van der Waals surface area contributed by atoms with Crippen molar-refractivity contribution in [3.63, 3.8) is 0 Å². The van der Waals surface area contributed by atoms with E-state index in [1.54, 1.807) is 0 Å². The minimum atomic E-state index is -0.428. The van der Waals surface area contributed by atoms with Gasteiger partial charge in [0.05, 0.1) is 0 Å². The number of rotatable bonds is 8. The summed E-state index contributed by atoms with van der Waals surface area (Å²) in [4.78, 5) is 14.7. The molecule has 0 aromatic rings. The lowest BCUT2D eigenvalue weighted by Crippen LogP contribution is -2.48. The SMILES string of the molecule is CCCCCC1CCN(C(CCN)C(=O)OC(C)(C)C)CC1. The maximum absolute atomic E-state index is 12.4. The molecule has 1 saturated heterocycles. The molecule has 0 saturated carbocycles. The smallest absolute Gasteiger partial charge is 0.323 e. The molecule has 22 heavy (non-hydrogen) atoms. The Bertz CT molecular complexity index is 318. The molecule has 1 fully saturated rings. The molecule has 1 aliphatic heterocycles. The fourth-order valence-electron chi connectivity index (χ4n) is 3.21. The van der Waals surface area contributed by atoms with Gasteiger partial charge >= 0.3 is 5.97 Å². The highest BCUT2D eigenvalue weighted by Gasteiger charge is 2.32. The lowest BCUT2D eigenvalue weighted by Gasteiger charge is -2.37. The van der Waals surface area contributed by atoms with Crippen LogP contribution < -0.4 is 5.73 Å². The monoisotopic (exact) mass is 312 g/mol. The summed E-state index contributed by atoms with van der Waals surface area (Å²) >= 11 is 0. The van der Waals surface area contributed by atoms with Crippen LogP contribution in [0.15, 0.2) is 0 Å². The first-order valence-corrected chi connectivity index (χ1v) is 9.04. The molecule has 0 radical (unpaired) electrons. The van der Waals surface area contributed by atoms with Gasteiger partial charge in [-0.2, -0.15) is 0 Å². The number of ether oxygens (including phenoxy) is 1. The van der Waals surface area contributed by atoms with Crippen LogP contribution in [0, 0.1) is 5.92 Å². The van der Waals surface area contributed by atoms with Crippen molar-refractivity contribution >= 4 is 5.97 Å². The number of nitrogens with two attached hydrogens (primary N) is 1. The lowest BCUT2D eigenvalue weighted by atomic mass is 9.90. The molecule has 1 heterocycles. The van der Waals surface area contributed by atoms with Crippen molar-refractivity contribution in [3.8, 4) is 0 Å². The maximum Gasteiger partial charge on any atom is 0.323 e. The second-order valence-electron chi connectivity index (χ2n) is 7.60. The first kappa shape index (κ1) is 19.4. The van der Waals surface area contributed by atoms with Gasteiger partial charge in [-0.05, 0) is 65.6 Å². The molecule has 0 spiro atoms.